The lowest BCUT2D eigenvalue weighted by Gasteiger charge is -2.34. The van der Waals surface area contributed by atoms with Gasteiger partial charge in [0.2, 0.25) is 0 Å². The summed E-state index contributed by atoms with van der Waals surface area (Å²) in [6.45, 7) is 1.75. The molecule has 1 spiro atoms. The molecule has 1 fully saturated rings. The second-order valence-corrected chi connectivity index (χ2v) is 4.21. The van der Waals surface area contributed by atoms with E-state index in [2.05, 4.69) is 5.16 Å². The maximum absolute atomic E-state index is 10.6. The minimum atomic E-state index is -1.26. The Morgan fingerprint density at radius 1 is 1.53 bits per heavy atom. The number of ether oxygens (including phenoxy) is 1. The van der Waals surface area contributed by atoms with Crippen molar-refractivity contribution in [2.75, 3.05) is 0 Å². The standard InChI is InChI=1S/C10H15NO4/c1-7-8(14-9(12)13)10(15-11-7)5-3-2-4-6-10/h8H,2-6H2,1H3,(H,12,13). The van der Waals surface area contributed by atoms with Gasteiger partial charge in [-0.15, -0.1) is 0 Å². The molecule has 0 radical (unpaired) electrons. The van der Waals surface area contributed by atoms with Gasteiger partial charge in [-0.25, -0.2) is 4.79 Å². The molecule has 5 heteroatoms. The summed E-state index contributed by atoms with van der Waals surface area (Å²) < 4.78 is 4.88. The van der Waals surface area contributed by atoms with Gasteiger partial charge in [0.25, 0.3) is 0 Å². The van der Waals surface area contributed by atoms with Crippen LogP contribution in [0.4, 0.5) is 4.79 Å². The zero-order valence-corrected chi connectivity index (χ0v) is 8.73. The third-order valence-corrected chi connectivity index (χ3v) is 3.15. The summed E-state index contributed by atoms with van der Waals surface area (Å²) in [7, 11) is 0. The molecule has 1 saturated carbocycles. The number of carbonyl (C=O) groups is 1. The lowest BCUT2D eigenvalue weighted by Crippen LogP contribution is -2.47. The van der Waals surface area contributed by atoms with E-state index < -0.39 is 17.9 Å². The predicted octanol–water partition coefficient (Wildman–Crippen LogP) is 2.16. The van der Waals surface area contributed by atoms with Crippen LogP contribution in [0.15, 0.2) is 5.16 Å². The molecule has 5 nitrogen and oxygen atoms in total. The van der Waals surface area contributed by atoms with Crippen molar-refractivity contribution in [2.45, 2.75) is 50.7 Å². The Labute approximate surface area is 88.0 Å². The fraction of sp³-hybridized carbons (Fsp3) is 0.800. The lowest BCUT2D eigenvalue weighted by molar-refractivity contribution is -0.105. The zero-order valence-electron chi connectivity index (χ0n) is 8.73. The summed E-state index contributed by atoms with van der Waals surface area (Å²) in [6, 6.07) is 0. The first-order valence-corrected chi connectivity index (χ1v) is 5.26. The summed E-state index contributed by atoms with van der Waals surface area (Å²) >= 11 is 0. The van der Waals surface area contributed by atoms with Gasteiger partial charge in [-0.1, -0.05) is 11.6 Å². The van der Waals surface area contributed by atoms with Crippen molar-refractivity contribution >= 4 is 11.9 Å². The first-order valence-electron chi connectivity index (χ1n) is 5.26. The van der Waals surface area contributed by atoms with Crippen molar-refractivity contribution in [1.82, 2.24) is 0 Å². The molecule has 2 rings (SSSR count). The van der Waals surface area contributed by atoms with E-state index in [0.29, 0.717) is 5.71 Å². The molecular weight excluding hydrogens is 198 g/mol. The van der Waals surface area contributed by atoms with Gasteiger partial charge in [0.1, 0.15) is 0 Å². The second kappa shape index (κ2) is 3.72. The topological polar surface area (TPSA) is 68.1 Å². The summed E-state index contributed by atoms with van der Waals surface area (Å²) in [5, 5.41) is 12.5. The first-order chi connectivity index (χ1) is 7.14. The van der Waals surface area contributed by atoms with Crippen molar-refractivity contribution in [3.63, 3.8) is 0 Å². The smallest absolute Gasteiger partial charge is 0.450 e. The fourth-order valence-corrected chi connectivity index (χ4v) is 2.44. The molecule has 1 atom stereocenters. The molecule has 0 saturated heterocycles. The van der Waals surface area contributed by atoms with Gasteiger partial charge in [0.15, 0.2) is 11.7 Å². The monoisotopic (exact) mass is 213 g/mol. The van der Waals surface area contributed by atoms with Gasteiger partial charge in [-0.3, -0.25) is 0 Å². The van der Waals surface area contributed by atoms with Crippen molar-refractivity contribution in [3.8, 4) is 0 Å². The van der Waals surface area contributed by atoms with Crippen LogP contribution in [-0.2, 0) is 9.57 Å². The Morgan fingerprint density at radius 2 is 2.20 bits per heavy atom. The number of hydrogen-bond acceptors (Lipinski definition) is 4. The largest absolute Gasteiger partial charge is 0.506 e. The molecule has 1 aliphatic heterocycles. The zero-order chi connectivity index (χ0) is 10.9. The minimum absolute atomic E-state index is 0.513. The van der Waals surface area contributed by atoms with Crippen LogP contribution in [0.1, 0.15) is 39.0 Å². The van der Waals surface area contributed by atoms with Gasteiger partial charge in [-0.2, -0.15) is 0 Å². The molecule has 0 aromatic heterocycles. The van der Waals surface area contributed by atoms with Crippen LogP contribution in [0.25, 0.3) is 0 Å². The third-order valence-electron chi connectivity index (χ3n) is 3.15. The predicted molar refractivity (Wildman–Crippen MR) is 52.9 cm³/mol. The Bertz CT molecular complexity index is 294. The van der Waals surface area contributed by atoms with Crippen molar-refractivity contribution < 1.29 is 19.5 Å². The molecule has 0 aromatic carbocycles. The molecule has 1 unspecified atom stereocenters. The van der Waals surface area contributed by atoms with E-state index in [9.17, 15) is 4.79 Å². The molecule has 1 N–H and O–H groups in total. The van der Waals surface area contributed by atoms with Crippen LogP contribution in [0.3, 0.4) is 0 Å². The summed E-state index contributed by atoms with van der Waals surface area (Å²) in [5.41, 5.74) is 0.111. The summed E-state index contributed by atoms with van der Waals surface area (Å²) in [4.78, 5) is 16.0. The third kappa shape index (κ3) is 1.78. The molecule has 0 bridgehead atoms. The summed E-state index contributed by atoms with van der Waals surface area (Å²) in [6.07, 6.45) is 3.13. The number of rotatable bonds is 1. The highest BCUT2D eigenvalue weighted by atomic mass is 16.7. The second-order valence-electron chi connectivity index (χ2n) is 4.21. The van der Waals surface area contributed by atoms with Crippen LogP contribution in [-0.4, -0.2) is 28.7 Å². The Balaban J connectivity index is 2.14. The van der Waals surface area contributed by atoms with E-state index in [1.54, 1.807) is 6.92 Å². The average Bonchev–Trinajstić information content (AvgIpc) is 2.48. The van der Waals surface area contributed by atoms with Crippen LogP contribution < -0.4 is 0 Å². The average molecular weight is 213 g/mol. The number of hydrogen-bond donors (Lipinski definition) is 1. The van der Waals surface area contributed by atoms with Crippen molar-refractivity contribution in [2.24, 2.45) is 5.16 Å². The van der Waals surface area contributed by atoms with E-state index in [1.807, 2.05) is 0 Å². The highest BCUT2D eigenvalue weighted by molar-refractivity contribution is 5.89. The highest BCUT2D eigenvalue weighted by Crippen LogP contribution is 2.39. The molecule has 1 heterocycles. The van der Waals surface area contributed by atoms with Gasteiger partial charge in [0.05, 0.1) is 5.71 Å². The first kappa shape index (κ1) is 10.3. The van der Waals surface area contributed by atoms with Gasteiger partial charge in [0, 0.05) is 0 Å². The number of oxime groups is 1. The molecular formula is C10H15NO4. The Kier molecular flexibility index (Phi) is 2.54. The fourth-order valence-electron chi connectivity index (χ4n) is 2.44. The molecule has 0 aromatic rings. The molecule has 2 aliphatic rings. The highest BCUT2D eigenvalue weighted by Gasteiger charge is 2.50. The van der Waals surface area contributed by atoms with E-state index in [-0.39, 0.29) is 0 Å². The quantitative estimate of drug-likeness (QED) is 0.678. The molecule has 84 valence electrons. The van der Waals surface area contributed by atoms with E-state index >= 15 is 0 Å². The molecule has 0 amide bonds. The van der Waals surface area contributed by atoms with Crippen LogP contribution >= 0.6 is 0 Å². The maximum atomic E-state index is 10.6. The normalized spacial score (nSPS) is 28.3. The Morgan fingerprint density at radius 3 is 2.80 bits per heavy atom. The molecule has 15 heavy (non-hydrogen) atoms. The van der Waals surface area contributed by atoms with Crippen molar-refractivity contribution in [1.29, 1.82) is 0 Å². The number of nitrogens with zero attached hydrogens (tertiary/aromatic N) is 1. The maximum Gasteiger partial charge on any atom is 0.506 e. The van der Waals surface area contributed by atoms with Crippen LogP contribution in [0, 0.1) is 0 Å². The lowest BCUT2D eigenvalue weighted by atomic mass is 9.80. The van der Waals surface area contributed by atoms with Gasteiger partial charge < -0.3 is 14.7 Å². The van der Waals surface area contributed by atoms with E-state index in [0.717, 1.165) is 25.7 Å². The van der Waals surface area contributed by atoms with Gasteiger partial charge >= 0.3 is 6.16 Å². The Hall–Kier alpha value is -1.26. The van der Waals surface area contributed by atoms with Gasteiger partial charge in [-0.05, 0) is 32.6 Å². The van der Waals surface area contributed by atoms with E-state index in [4.69, 9.17) is 14.7 Å². The number of carboxylic acid groups (broad SMARTS) is 1. The van der Waals surface area contributed by atoms with E-state index in [1.165, 1.54) is 6.42 Å². The SMILES string of the molecule is CC1=NOC2(CCCCC2)C1OC(=O)O. The van der Waals surface area contributed by atoms with Crippen LogP contribution in [0.5, 0.6) is 0 Å². The minimum Gasteiger partial charge on any atom is -0.450 e. The van der Waals surface area contributed by atoms with Crippen LogP contribution in [0.2, 0.25) is 0 Å². The summed E-state index contributed by atoms with van der Waals surface area (Å²) in [5.74, 6) is 0. The van der Waals surface area contributed by atoms with Crippen molar-refractivity contribution in [3.05, 3.63) is 0 Å². The molecule has 1 aliphatic carbocycles.